The molecule has 0 atom stereocenters. The molecule has 1 N–H and O–H groups in total. The lowest BCUT2D eigenvalue weighted by atomic mass is 10.00. The first-order chi connectivity index (χ1) is 15.4. The molecule has 4 rings (SSSR count). The lowest BCUT2D eigenvalue weighted by Crippen LogP contribution is -2.50. The fourth-order valence-corrected chi connectivity index (χ4v) is 4.63. The highest BCUT2D eigenvalue weighted by Gasteiger charge is 2.47. The molecule has 6 nitrogen and oxygen atoms in total. The van der Waals surface area contributed by atoms with Crippen LogP contribution in [0.4, 0.5) is 5.69 Å². The Morgan fingerprint density at radius 1 is 1.03 bits per heavy atom. The Balaban J connectivity index is 1.59. The van der Waals surface area contributed by atoms with E-state index in [1.165, 1.54) is 5.56 Å². The first-order valence-electron chi connectivity index (χ1n) is 11.4. The third-order valence-electron chi connectivity index (χ3n) is 6.63. The van der Waals surface area contributed by atoms with Crippen LogP contribution in [0.1, 0.15) is 55.2 Å². The predicted molar refractivity (Wildman–Crippen MR) is 126 cm³/mol. The second-order valence-corrected chi connectivity index (χ2v) is 8.82. The number of rotatable bonds is 5. The van der Waals surface area contributed by atoms with Crippen LogP contribution in [-0.2, 0) is 9.59 Å². The van der Waals surface area contributed by atoms with Gasteiger partial charge in [0, 0.05) is 11.3 Å². The lowest BCUT2D eigenvalue weighted by molar-refractivity contribution is -0.133. The molecule has 1 fully saturated rings. The minimum absolute atomic E-state index is 0.00505. The van der Waals surface area contributed by atoms with Gasteiger partial charge in [0.05, 0.1) is 7.11 Å². The highest BCUT2D eigenvalue weighted by Crippen LogP contribution is 2.38. The van der Waals surface area contributed by atoms with Gasteiger partial charge in [-0.3, -0.25) is 14.6 Å². The van der Waals surface area contributed by atoms with Crippen LogP contribution in [0.15, 0.2) is 47.5 Å². The summed E-state index contributed by atoms with van der Waals surface area (Å²) < 4.78 is 5.24. The van der Waals surface area contributed by atoms with Crippen LogP contribution in [-0.4, -0.2) is 41.7 Å². The van der Waals surface area contributed by atoms with Crippen molar-refractivity contribution in [1.29, 1.82) is 0 Å². The van der Waals surface area contributed by atoms with E-state index >= 15 is 0 Å². The molecule has 2 aromatic carbocycles. The summed E-state index contributed by atoms with van der Waals surface area (Å²) in [5.41, 5.74) is 3.60. The van der Waals surface area contributed by atoms with E-state index in [1.54, 1.807) is 12.0 Å². The highest BCUT2D eigenvalue weighted by molar-refractivity contribution is 6.47. The number of nitrogens with one attached hydrogen (secondary N) is 1. The fraction of sp³-hybridized carbons (Fsp3) is 0.423. The number of ether oxygens (including phenoxy) is 1. The molecule has 2 aliphatic rings. The van der Waals surface area contributed by atoms with Crippen molar-refractivity contribution >= 4 is 23.2 Å². The summed E-state index contributed by atoms with van der Waals surface area (Å²) in [4.78, 5) is 33.2. The van der Waals surface area contributed by atoms with Crippen LogP contribution in [0, 0.1) is 13.8 Å². The van der Waals surface area contributed by atoms with E-state index in [0.717, 1.165) is 61.1 Å². The lowest BCUT2D eigenvalue weighted by Gasteiger charge is -2.35. The highest BCUT2D eigenvalue weighted by atomic mass is 16.5. The third kappa shape index (κ3) is 4.40. The van der Waals surface area contributed by atoms with Gasteiger partial charge in [-0.25, -0.2) is 0 Å². The number of methoxy groups -OCH3 is 1. The van der Waals surface area contributed by atoms with Crippen molar-refractivity contribution in [2.24, 2.45) is 4.99 Å². The Labute approximate surface area is 189 Å². The average molecular weight is 434 g/mol. The van der Waals surface area contributed by atoms with Gasteiger partial charge < -0.3 is 15.0 Å². The van der Waals surface area contributed by atoms with Gasteiger partial charge in [0.2, 0.25) is 5.91 Å². The number of anilines is 1. The quantitative estimate of drug-likeness (QED) is 0.747. The van der Waals surface area contributed by atoms with E-state index in [4.69, 9.17) is 9.73 Å². The van der Waals surface area contributed by atoms with E-state index in [2.05, 4.69) is 5.32 Å². The van der Waals surface area contributed by atoms with Crippen molar-refractivity contribution in [2.45, 2.75) is 58.0 Å². The summed E-state index contributed by atoms with van der Waals surface area (Å²) in [6, 6.07) is 13.2. The Hall–Kier alpha value is -3.15. The number of hydrogen-bond acceptors (Lipinski definition) is 4. The topological polar surface area (TPSA) is 71.0 Å². The molecule has 1 saturated carbocycles. The summed E-state index contributed by atoms with van der Waals surface area (Å²) in [7, 11) is 1.61. The second-order valence-electron chi connectivity index (χ2n) is 8.82. The fourth-order valence-electron chi connectivity index (χ4n) is 4.63. The predicted octanol–water partition coefficient (Wildman–Crippen LogP) is 4.63. The SMILES string of the molecule is COc1ccc(C2=NC3(CCCCCC3)N(CC(=O)Nc3ccc(C)c(C)c3)C2=O)cc1. The maximum absolute atomic E-state index is 13.5. The smallest absolute Gasteiger partial charge is 0.275 e. The Morgan fingerprint density at radius 3 is 2.34 bits per heavy atom. The Morgan fingerprint density at radius 2 is 1.72 bits per heavy atom. The first kappa shape index (κ1) is 22.1. The van der Waals surface area contributed by atoms with E-state index in [0.29, 0.717) is 5.71 Å². The molecule has 2 amide bonds. The molecular formula is C26H31N3O3. The average Bonchev–Trinajstić information content (AvgIpc) is 2.93. The monoisotopic (exact) mass is 433 g/mol. The number of benzene rings is 2. The largest absolute Gasteiger partial charge is 0.497 e. The molecule has 1 heterocycles. The van der Waals surface area contributed by atoms with Crippen LogP contribution in [0.25, 0.3) is 0 Å². The maximum atomic E-state index is 13.5. The van der Waals surface area contributed by atoms with Gasteiger partial charge in [0.1, 0.15) is 23.7 Å². The van der Waals surface area contributed by atoms with Crippen molar-refractivity contribution in [2.75, 3.05) is 19.0 Å². The van der Waals surface area contributed by atoms with Crippen molar-refractivity contribution in [3.05, 3.63) is 59.2 Å². The number of carbonyl (C=O) groups excluding carboxylic acids is 2. The zero-order valence-electron chi connectivity index (χ0n) is 19.1. The molecule has 0 unspecified atom stereocenters. The van der Waals surface area contributed by atoms with Crippen LogP contribution in [0.2, 0.25) is 0 Å². The standard InChI is InChI=1S/C26H31N3O3/c1-18-8-11-21(16-19(18)2)27-23(30)17-29-25(31)24(20-9-12-22(32-3)13-10-20)28-26(29)14-6-4-5-7-15-26/h8-13,16H,4-7,14-15,17H2,1-3H3,(H,27,30). The first-order valence-corrected chi connectivity index (χ1v) is 11.4. The molecule has 1 aliphatic carbocycles. The van der Waals surface area contributed by atoms with Crippen LogP contribution < -0.4 is 10.1 Å². The van der Waals surface area contributed by atoms with Crippen molar-refractivity contribution < 1.29 is 14.3 Å². The molecule has 0 saturated heterocycles. The molecule has 0 radical (unpaired) electrons. The number of amides is 2. The van der Waals surface area contributed by atoms with E-state index < -0.39 is 5.66 Å². The second kappa shape index (κ2) is 9.15. The third-order valence-corrected chi connectivity index (χ3v) is 6.63. The molecule has 6 heteroatoms. The summed E-state index contributed by atoms with van der Waals surface area (Å²) in [6.07, 6.45) is 5.84. The van der Waals surface area contributed by atoms with Crippen LogP contribution in [0.5, 0.6) is 5.75 Å². The molecule has 2 aromatic rings. The summed E-state index contributed by atoms with van der Waals surface area (Å²) in [5, 5.41) is 2.96. The maximum Gasteiger partial charge on any atom is 0.275 e. The van der Waals surface area contributed by atoms with Crippen LogP contribution in [0.3, 0.4) is 0 Å². The molecule has 0 bridgehead atoms. The minimum Gasteiger partial charge on any atom is -0.497 e. The van der Waals surface area contributed by atoms with E-state index in [-0.39, 0.29) is 18.4 Å². The van der Waals surface area contributed by atoms with E-state index in [1.807, 2.05) is 56.3 Å². The number of carbonyl (C=O) groups is 2. The minimum atomic E-state index is -0.636. The zero-order valence-corrected chi connectivity index (χ0v) is 19.1. The van der Waals surface area contributed by atoms with Crippen LogP contribution >= 0.6 is 0 Å². The molecule has 1 spiro atoms. The Bertz CT molecular complexity index is 1030. The molecule has 0 aromatic heterocycles. The van der Waals surface area contributed by atoms with Gasteiger partial charge in [-0.1, -0.05) is 18.9 Å². The van der Waals surface area contributed by atoms with Gasteiger partial charge in [-0.15, -0.1) is 0 Å². The van der Waals surface area contributed by atoms with Crippen molar-refractivity contribution in [1.82, 2.24) is 4.90 Å². The van der Waals surface area contributed by atoms with Gasteiger partial charge in [0.25, 0.3) is 5.91 Å². The number of aliphatic imine (C=N–C) groups is 1. The van der Waals surface area contributed by atoms with Gasteiger partial charge in [-0.2, -0.15) is 0 Å². The molecule has 32 heavy (non-hydrogen) atoms. The van der Waals surface area contributed by atoms with Crippen molar-refractivity contribution in [3.63, 3.8) is 0 Å². The normalized spacial score (nSPS) is 17.8. The molecule has 1 aliphatic heterocycles. The van der Waals surface area contributed by atoms with E-state index in [9.17, 15) is 9.59 Å². The van der Waals surface area contributed by atoms with Crippen molar-refractivity contribution in [3.8, 4) is 5.75 Å². The number of hydrogen-bond donors (Lipinski definition) is 1. The number of nitrogens with zero attached hydrogens (tertiary/aromatic N) is 2. The molecule has 168 valence electrons. The summed E-state index contributed by atoms with van der Waals surface area (Å²) >= 11 is 0. The Kier molecular flexibility index (Phi) is 6.31. The zero-order chi connectivity index (χ0) is 22.7. The molecular weight excluding hydrogens is 402 g/mol. The van der Waals surface area contributed by atoms with Gasteiger partial charge >= 0.3 is 0 Å². The summed E-state index contributed by atoms with van der Waals surface area (Å²) in [5.74, 6) is 0.359. The van der Waals surface area contributed by atoms with Gasteiger partial charge in [-0.05, 0) is 87.1 Å². The van der Waals surface area contributed by atoms with Gasteiger partial charge in [0.15, 0.2) is 0 Å². The summed E-state index contributed by atoms with van der Waals surface area (Å²) in [6.45, 7) is 4.05. The number of aryl methyl sites for hydroxylation is 2.